The number of fused-ring (bicyclic) bond motifs is 1. The number of carboxylic acid groups (broad SMARTS) is 1. The van der Waals surface area contributed by atoms with Gasteiger partial charge >= 0.3 is 5.97 Å². The minimum absolute atomic E-state index is 0.214. The Labute approximate surface area is 133 Å². The van der Waals surface area contributed by atoms with Gasteiger partial charge in [0.15, 0.2) is 0 Å². The molecule has 0 spiro atoms. The molecule has 112 valence electrons. The molecule has 0 unspecified atom stereocenters. The van der Waals surface area contributed by atoms with Gasteiger partial charge in [-0.05, 0) is 34.5 Å². The molecule has 0 saturated carbocycles. The van der Waals surface area contributed by atoms with Crippen LogP contribution in [0, 0.1) is 11.3 Å². The van der Waals surface area contributed by atoms with Gasteiger partial charge in [0.25, 0.3) is 0 Å². The fraction of sp³-hybridized carbons (Fsp3) is 0.0526. The number of aromatic carboxylic acids is 1. The summed E-state index contributed by atoms with van der Waals surface area (Å²) < 4.78 is 5.26. The van der Waals surface area contributed by atoms with Crippen LogP contribution in [0.1, 0.15) is 15.9 Å². The van der Waals surface area contributed by atoms with E-state index in [9.17, 15) is 15.2 Å². The van der Waals surface area contributed by atoms with Gasteiger partial charge in [-0.3, -0.25) is 0 Å². The van der Waals surface area contributed by atoms with Crippen molar-refractivity contribution < 1.29 is 14.6 Å². The van der Waals surface area contributed by atoms with Crippen LogP contribution >= 0.6 is 0 Å². The van der Waals surface area contributed by atoms with E-state index >= 15 is 0 Å². The number of methoxy groups -OCH3 is 1. The number of hydrogen-bond acceptors (Lipinski definition) is 3. The van der Waals surface area contributed by atoms with Crippen molar-refractivity contribution in [2.75, 3.05) is 7.11 Å². The van der Waals surface area contributed by atoms with Crippen LogP contribution in [0.5, 0.6) is 5.75 Å². The lowest BCUT2D eigenvalue weighted by Gasteiger charge is -2.11. The van der Waals surface area contributed by atoms with Gasteiger partial charge in [0.1, 0.15) is 17.4 Å². The molecule has 23 heavy (non-hydrogen) atoms. The number of nitriles is 1. The molecular weight excluding hydrogens is 290 g/mol. The van der Waals surface area contributed by atoms with Crippen LogP contribution in [-0.4, -0.2) is 18.2 Å². The number of rotatable bonds is 3. The number of ether oxygens (including phenoxy) is 1. The van der Waals surface area contributed by atoms with Gasteiger partial charge in [0, 0.05) is 5.56 Å². The summed E-state index contributed by atoms with van der Waals surface area (Å²) in [4.78, 5) is 11.2. The Balaban J connectivity index is 2.35. The van der Waals surface area contributed by atoms with Crippen LogP contribution in [0.4, 0.5) is 0 Å². The number of hydrogen-bond donors (Lipinski definition) is 1. The van der Waals surface area contributed by atoms with Crippen molar-refractivity contribution in [1.29, 1.82) is 5.26 Å². The molecule has 0 bridgehead atoms. The normalized spacial score (nSPS) is 10.3. The second-order valence-electron chi connectivity index (χ2n) is 5.04. The fourth-order valence-corrected chi connectivity index (χ4v) is 2.68. The molecule has 0 amide bonds. The van der Waals surface area contributed by atoms with Crippen LogP contribution in [0.25, 0.3) is 21.9 Å². The average molecular weight is 303 g/mol. The molecule has 0 aliphatic rings. The Morgan fingerprint density at radius 2 is 1.83 bits per heavy atom. The molecule has 0 aliphatic carbocycles. The van der Waals surface area contributed by atoms with E-state index in [0.29, 0.717) is 11.3 Å². The highest BCUT2D eigenvalue weighted by Crippen LogP contribution is 2.35. The van der Waals surface area contributed by atoms with E-state index in [-0.39, 0.29) is 5.56 Å². The van der Waals surface area contributed by atoms with E-state index in [1.54, 1.807) is 24.3 Å². The molecule has 3 aromatic carbocycles. The van der Waals surface area contributed by atoms with Gasteiger partial charge in [0.05, 0.1) is 12.7 Å². The number of nitrogens with zero attached hydrogens (tertiary/aromatic N) is 1. The predicted molar refractivity (Wildman–Crippen MR) is 87.6 cm³/mol. The van der Waals surface area contributed by atoms with Crippen LogP contribution < -0.4 is 4.74 Å². The van der Waals surface area contributed by atoms with Crippen LogP contribution in [0.15, 0.2) is 54.6 Å². The van der Waals surface area contributed by atoms with E-state index in [4.69, 9.17) is 4.74 Å². The molecule has 0 saturated heterocycles. The van der Waals surface area contributed by atoms with Gasteiger partial charge in [-0.25, -0.2) is 4.79 Å². The Hall–Kier alpha value is -3.32. The van der Waals surface area contributed by atoms with Crippen molar-refractivity contribution in [3.8, 4) is 22.9 Å². The van der Waals surface area contributed by atoms with E-state index in [1.165, 1.54) is 7.11 Å². The molecule has 3 aromatic rings. The SMILES string of the molecule is COc1cccc(-c2cccc3ccc(C(=O)O)cc23)c1C#N. The second kappa shape index (κ2) is 5.82. The highest BCUT2D eigenvalue weighted by atomic mass is 16.5. The summed E-state index contributed by atoms with van der Waals surface area (Å²) in [6, 6.07) is 18.2. The molecule has 3 rings (SSSR count). The molecule has 0 aromatic heterocycles. The van der Waals surface area contributed by atoms with Crippen molar-refractivity contribution in [3.63, 3.8) is 0 Å². The minimum atomic E-state index is -0.979. The Bertz CT molecular complexity index is 954. The summed E-state index contributed by atoms with van der Waals surface area (Å²) in [5.41, 5.74) is 2.18. The Kier molecular flexibility index (Phi) is 3.70. The van der Waals surface area contributed by atoms with E-state index < -0.39 is 5.97 Å². The summed E-state index contributed by atoms with van der Waals surface area (Å²) in [7, 11) is 1.52. The minimum Gasteiger partial charge on any atom is -0.495 e. The summed E-state index contributed by atoms with van der Waals surface area (Å²) >= 11 is 0. The number of carbonyl (C=O) groups is 1. The van der Waals surface area contributed by atoms with E-state index in [0.717, 1.165) is 21.9 Å². The zero-order valence-corrected chi connectivity index (χ0v) is 12.4. The fourth-order valence-electron chi connectivity index (χ4n) is 2.68. The first-order valence-electron chi connectivity index (χ1n) is 6.99. The molecule has 4 heteroatoms. The maximum absolute atomic E-state index is 11.2. The maximum atomic E-state index is 11.2. The zero-order chi connectivity index (χ0) is 16.4. The van der Waals surface area contributed by atoms with Gasteiger partial charge in [0.2, 0.25) is 0 Å². The standard InChI is InChI=1S/C19H13NO3/c1-23-18-7-3-6-15(17(18)11-20)14-5-2-4-12-8-9-13(19(21)22)10-16(12)14/h2-10H,1H3,(H,21,22). The van der Waals surface area contributed by atoms with E-state index in [1.807, 2.05) is 30.3 Å². The predicted octanol–water partition coefficient (Wildman–Crippen LogP) is 4.09. The third-order valence-electron chi connectivity index (χ3n) is 3.78. The highest BCUT2D eigenvalue weighted by Gasteiger charge is 2.14. The molecule has 0 atom stereocenters. The Morgan fingerprint density at radius 1 is 1.09 bits per heavy atom. The van der Waals surface area contributed by atoms with Gasteiger partial charge < -0.3 is 9.84 Å². The quantitative estimate of drug-likeness (QED) is 0.791. The lowest BCUT2D eigenvalue weighted by atomic mass is 9.93. The highest BCUT2D eigenvalue weighted by molar-refractivity contribution is 6.02. The Morgan fingerprint density at radius 3 is 2.52 bits per heavy atom. The molecule has 0 fully saturated rings. The molecular formula is C19H13NO3. The van der Waals surface area contributed by atoms with Crippen LogP contribution in [-0.2, 0) is 0 Å². The van der Waals surface area contributed by atoms with Gasteiger partial charge in [-0.2, -0.15) is 5.26 Å². The van der Waals surface area contributed by atoms with Gasteiger partial charge in [-0.1, -0.05) is 36.4 Å². The van der Waals surface area contributed by atoms with Gasteiger partial charge in [-0.15, -0.1) is 0 Å². The van der Waals surface area contributed by atoms with Crippen molar-refractivity contribution >= 4 is 16.7 Å². The van der Waals surface area contributed by atoms with Crippen LogP contribution in [0.2, 0.25) is 0 Å². The van der Waals surface area contributed by atoms with Crippen molar-refractivity contribution in [2.45, 2.75) is 0 Å². The molecule has 0 aliphatic heterocycles. The molecule has 4 nitrogen and oxygen atoms in total. The second-order valence-corrected chi connectivity index (χ2v) is 5.04. The number of carboxylic acids is 1. The van der Waals surface area contributed by atoms with Crippen molar-refractivity contribution in [1.82, 2.24) is 0 Å². The summed E-state index contributed by atoms with van der Waals surface area (Å²) in [6.07, 6.45) is 0. The largest absolute Gasteiger partial charge is 0.495 e. The first-order chi connectivity index (χ1) is 11.2. The summed E-state index contributed by atoms with van der Waals surface area (Å²) in [5, 5.41) is 20.4. The third kappa shape index (κ3) is 2.49. The maximum Gasteiger partial charge on any atom is 0.335 e. The molecule has 1 N–H and O–H groups in total. The topological polar surface area (TPSA) is 70.3 Å². The zero-order valence-electron chi connectivity index (χ0n) is 12.4. The molecule has 0 heterocycles. The molecule has 0 radical (unpaired) electrons. The van der Waals surface area contributed by atoms with Crippen LogP contribution in [0.3, 0.4) is 0 Å². The smallest absolute Gasteiger partial charge is 0.335 e. The summed E-state index contributed by atoms with van der Waals surface area (Å²) in [5.74, 6) is -0.482. The van der Waals surface area contributed by atoms with Crippen molar-refractivity contribution in [2.24, 2.45) is 0 Å². The lowest BCUT2D eigenvalue weighted by molar-refractivity contribution is 0.0697. The van der Waals surface area contributed by atoms with E-state index in [2.05, 4.69) is 6.07 Å². The summed E-state index contributed by atoms with van der Waals surface area (Å²) in [6.45, 7) is 0. The third-order valence-corrected chi connectivity index (χ3v) is 3.78. The monoisotopic (exact) mass is 303 g/mol. The average Bonchev–Trinajstić information content (AvgIpc) is 2.59. The number of benzene rings is 3. The van der Waals surface area contributed by atoms with Crippen molar-refractivity contribution in [3.05, 3.63) is 65.7 Å². The lowest BCUT2D eigenvalue weighted by Crippen LogP contribution is -1.96. The first-order valence-corrected chi connectivity index (χ1v) is 6.99. The first kappa shape index (κ1) is 14.6.